The van der Waals surface area contributed by atoms with E-state index in [1.54, 1.807) is 19.1 Å². The summed E-state index contributed by atoms with van der Waals surface area (Å²) in [7, 11) is 0. The lowest BCUT2D eigenvalue weighted by Crippen LogP contribution is -2.19. The number of carbonyl (C=O) groups excluding carboxylic acids is 3. The van der Waals surface area contributed by atoms with Crippen molar-refractivity contribution in [2.75, 3.05) is 13.2 Å². The monoisotopic (exact) mass is 320 g/mol. The SMILES string of the molecule is C=CC(=O)OCCOC(=O)c1ccccc1C(=O)OC(C)CC. The summed E-state index contributed by atoms with van der Waals surface area (Å²) in [4.78, 5) is 35.0. The Hall–Kier alpha value is -2.63. The molecule has 1 unspecified atom stereocenters. The molecule has 0 spiro atoms. The van der Waals surface area contributed by atoms with Crippen LogP contribution in [0.25, 0.3) is 0 Å². The van der Waals surface area contributed by atoms with Gasteiger partial charge in [0.25, 0.3) is 0 Å². The van der Waals surface area contributed by atoms with Crippen LogP contribution in [0.1, 0.15) is 41.0 Å². The van der Waals surface area contributed by atoms with E-state index in [2.05, 4.69) is 6.58 Å². The van der Waals surface area contributed by atoms with E-state index in [1.807, 2.05) is 6.92 Å². The fourth-order valence-corrected chi connectivity index (χ4v) is 1.58. The maximum absolute atomic E-state index is 12.1. The molecule has 0 N–H and O–H groups in total. The highest BCUT2D eigenvalue weighted by molar-refractivity contribution is 6.03. The highest BCUT2D eigenvalue weighted by Crippen LogP contribution is 2.13. The van der Waals surface area contributed by atoms with Crippen LogP contribution in [0.4, 0.5) is 0 Å². The van der Waals surface area contributed by atoms with Crippen LogP contribution in [0, 0.1) is 0 Å². The van der Waals surface area contributed by atoms with Crippen molar-refractivity contribution in [2.24, 2.45) is 0 Å². The van der Waals surface area contributed by atoms with Crippen molar-refractivity contribution in [1.29, 1.82) is 0 Å². The summed E-state index contributed by atoms with van der Waals surface area (Å²) in [5, 5.41) is 0. The first-order valence-corrected chi connectivity index (χ1v) is 7.25. The molecule has 0 aliphatic rings. The third-order valence-corrected chi connectivity index (χ3v) is 2.98. The largest absolute Gasteiger partial charge is 0.459 e. The van der Waals surface area contributed by atoms with Crippen molar-refractivity contribution >= 4 is 17.9 Å². The summed E-state index contributed by atoms with van der Waals surface area (Å²) in [5.74, 6) is -1.86. The molecule has 0 saturated carbocycles. The Morgan fingerprint density at radius 2 is 1.65 bits per heavy atom. The number of esters is 3. The molecule has 0 radical (unpaired) electrons. The lowest BCUT2D eigenvalue weighted by atomic mass is 10.1. The van der Waals surface area contributed by atoms with Crippen molar-refractivity contribution < 1.29 is 28.6 Å². The van der Waals surface area contributed by atoms with Gasteiger partial charge in [-0.25, -0.2) is 14.4 Å². The Bertz CT molecular complexity index is 578. The Balaban J connectivity index is 2.68. The van der Waals surface area contributed by atoms with Crippen LogP contribution in [0.5, 0.6) is 0 Å². The van der Waals surface area contributed by atoms with Gasteiger partial charge in [-0.3, -0.25) is 0 Å². The van der Waals surface area contributed by atoms with Gasteiger partial charge >= 0.3 is 17.9 Å². The van der Waals surface area contributed by atoms with E-state index in [4.69, 9.17) is 14.2 Å². The molecule has 1 rings (SSSR count). The van der Waals surface area contributed by atoms with Gasteiger partial charge in [-0.2, -0.15) is 0 Å². The number of hydrogen-bond donors (Lipinski definition) is 0. The molecule has 1 aromatic carbocycles. The van der Waals surface area contributed by atoms with E-state index in [9.17, 15) is 14.4 Å². The molecule has 6 heteroatoms. The summed E-state index contributed by atoms with van der Waals surface area (Å²) < 4.78 is 14.9. The normalized spacial score (nSPS) is 11.2. The van der Waals surface area contributed by atoms with Crippen LogP contribution in [0.2, 0.25) is 0 Å². The molecular formula is C17H20O6. The average molecular weight is 320 g/mol. The van der Waals surface area contributed by atoms with Crippen molar-refractivity contribution in [1.82, 2.24) is 0 Å². The summed E-state index contributed by atoms with van der Waals surface area (Å²) in [6, 6.07) is 6.23. The first-order chi connectivity index (χ1) is 11.0. The fraction of sp³-hybridized carbons (Fsp3) is 0.353. The second-order valence-corrected chi connectivity index (χ2v) is 4.68. The Morgan fingerprint density at radius 3 is 2.22 bits per heavy atom. The maximum Gasteiger partial charge on any atom is 0.339 e. The number of carbonyl (C=O) groups is 3. The molecule has 0 saturated heterocycles. The van der Waals surface area contributed by atoms with Crippen LogP contribution < -0.4 is 0 Å². The molecule has 0 aromatic heterocycles. The topological polar surface area (TPSA) is 78.9 Å². The Morgan fingerprint density at radius 1 is 1.09 bits per heavy atom. The van der Waals surface area contributed by atoms with Crippen molar-refractivity contribution in [3.63, 3.8) is 0 Å². The predicted octanol–water partition coefficient (Wildman–Crippen LogP) is 2.53. The van der Waals surface area contributed by atoms with Gasteiger partial charge in [-0.15, -0.1) is 0 Å². The van der Waals surface area contributed by atoms with Gasteiger partial charge in [0.05, 0.1) is 17.2 Å². The van der Waals surface area contributed by atoms with Gasteiger partial charge in [0, 0.05) is 6.08 Å². The molecule has 0 aliphatic heterocycles. The smallest absolute Gasteiger partial charge is 0.339 e. The standard InChI is InChI=1S/C17H20O6/c1-4-12(3)23-17(20)14-9-7-6-8-13(14)16(19)22-11-10-21-15(18)5-2/h5-9,12H,2,4,10-11H2,1,3H3. The number of rotatable bonds is 8. The number of hydrogen-bond acceptors (Lipinski definition) is 6. The van der Waals surface area contributed by atoms with E-state index in [1.165, 1.54) is 12.1 Å². The summed E-state index contributed by atoms with van der Waals surface area (Å²) in [6.07, 6.45) is 1.44. The zero-order chi connectivity index (χ0) is 17.2. The van der Waals surface area contributed by atoms with Gasteiger partial charge in [-0.1, -0.05) is 25.6 Å². The third kappa shape index (κ3) is 5.94. The summed E-state index contributed by atoms with van der Waals surface area (Å²) in [5.41, 5.74) is 0.247. The van der Waals surface area contributed by atoms with Crippen LogP contribution in [-0.2, 0) is 19.0 Å². The number of ether oxygens (including phenoxy) is 3. The molecule has 1 atom stereocenters. The first kappa shape index (κ1) is 18.4. The lowest BCUT2D eigenvalue weighted by Gasteiger charge is -2.13. The summed E-state index contributed by atoms with van der Waals surface area (Å²) >= 11 is 0. The van der Waals surface area contributed by atoms with Crippen molar-refractivity contribution in [2.45, 2.75) is 26.4 Å². The van der Waals surface area contributed by atoms with Gasteiger partial charge in [-0.05, 0) is 25.5 Å². The van der Waals surface area contributed by atoms with Gasteiger partial charge in [0.1, 0.15) is 13.2 Å². The molecule has 0 heterocycles. The Kier molecular flexibility index (Phi) is 7.53. The van der Waals surface area contributed by atoms with Crippen LogP contribution in [0.3, 0.4) is 0 Å². The van der Waals surface area contributed by atoms with E-state index < -0.39 is 17.9 Å². The minimum absolute atomic E-state index is 0.0872. The van der Waals surface area contributed by atoms with E-state index in [0.717, 1.165) is 6.08 Å². The molecule has 1 aromatic rings. The quantitative estimate of drug-likeness (QED) is 0.317. The molecule has 6 nitrogen and oxygen atoms in total. The van der Waals surface area contributed by atoms with Crippen molar-refractivity contribution in [3.05, 3.63) is 48.0 Å². The maximum atomic E-state index is 12.1. The molecule has 0 bridgehead atoms. The van der Waals surface area contributed by atoms with Gasteiger partial charge in [0.15, 0.2) is 0 Å². The molecule has 23 heavy (non-hydrogen) atoms. The number of benzene rings is 1. The molecular weight excluding hydrogens is 300 g/mol. The molecule has 0 fully saturated rings. The molecule has 0 amide bonds. The van der Waals surface area contributed by atoms with Crippen LogP contribution >= 0.6 is 0 Å². The van der Waals surface area contributed by atoms with Crippen LogP contribution in [-0.4, -0.2) is 37.2 Å². The van der Waals surface area contributed by atoms with E-state index >= 15 is 0 Å². The predicted molar refractivity (Wildman–Crippen MR) is 83.0 cm³/mol. The van der Waals surface area contributed by atoms with Crippen LogP contribution in [0.15, 0.2) is 36.9 Å². The first-order valence-electron chi connectivity index (χ1n) is 7.25. The van der Waals surface area contributed by atoms with Crippen molar-refractivity contribution in [3.8, 4) is 0 Å². The van der Waals surface area contributed by atoms with E-state index in [0.29, 0.717) is 6.42 Å². The second kappa shape index (κ2) is 9.40. The van der Waals surface area contributed by atoms with E-state index in [-0.39, 0.29) is 30.4 Å². The van der Waals surface area contributed by atoms with Gasteiger partial charge in [0.2, 0.25) is 0 Å². The zero-order valence-corrected chi connectivity index (χ0v) is 13.2. The zero-order valence-electron chi connectivity index (χ0n) is 13.2. The minimum atomic E-state index is -0.684. The summed E-state index contributed by atoms with van der Waals surface area (Å²) in [6.45, 7) is 6.71. The minimum Gasteiger partial charge on any atom is -0.459 e. The second-order valence-electron chi connectivity index (χ2n) is 4.68. The fourth-order valence-electron chi connectivity index (χ4n) is 1.58. The third-order valence-electron chi connectivity index (χ3n) is 2.98. The molecule has 124 valence electrons. The highest BCUT2D eigenvalue weighted by atomic mass is 16.6. The Labute approximate surface area is 135 Å². The molecule has 0 aliphatic carbocycles. The van der Waals surface area contributed by atoms with Gasteiger partial charge < -0.3 is 14.2 Å². The highest BCUT2D eigenvalue weighted by Gasteiger charge is 2.20. The average Bonchev–Trinajstić information content (AvgIpc) is 2.57. The lowest BCUT2D eigenvalue weighted by molar-refractivity contribution is -0.138.